The maximum atomic E-state index is 11.8. The van der Waals surface area contributed by atoms with Gasteiger partial charge in [-0.1, -0.05) is 6.92 Å². The van der Waals surface area contributed by atoms with E-state index in [2.05, 4.69) is 22.0 Å². The van der Waals surface area contributed by atoms with Crippen molar-refractivity contribution in [3.63, 3.8) is 0 Å². The highest BCUT2D eigenvalue weighted by molar-refractivity contribution is 7.88. The Hall–Kier alpha value is -1.80. The molecule has 25 heavy (non-hydrogen) atoms. The minimum absolute atomic E-state index is 0.268. The maximum Gasteiger partial charge on any atom is 0.211 e. The molecule has 0 aliphatic carbocycles. The van der Waals surface area contributed by atoms with Crippen LogP contribution in [0.1, 0.15) is 31.9 Å². The minimum atomic E-state index is -3.13. The Kier molecular flexibility index (Phi) is 5.48. The van der Waals surface area contributed by atoms with Crippen LogP contribution in [0.3, 0.4) is 0 Å². The molecule has 1 fully saturated rings. The first-order valence-corrected chi connectivity index (χ1v) is 10.6. The molecule has 2 aromatic rings. The van der Waals surface area contributed by atoms with Gasteiger partial charge in [0.2, 0.25) is 10.0 Å². The zero-order valence-corrected chi connectivity index (χ0v) is 15.6. The third kappa shape index (κ3) is 4.43. The number of nitrogens with zero attached hydrogens (tertiary/aromatic N) is 5. The molecule has 0 N–H and O–H groups in total. The van der Waals surface area contributed by atoms with Gasteiger partial charge in [-0.25, -0.2) is 12.7 Å². The molecule has 0 unspecified atom stereocenters. The van der Waals surface area contributed by atoms with Crippen LogP contribution in [0.2, 0.25) is 0 Å². The van der Waals surface area contributed by atoms with Crippen molar-refractivity contribution in [3.8, 4) is 11.3 Å². The fourth-order valence-electron chi connectivity index (χ4n) is 3.36. The van der Waals surface area contributed by atoms with Crippen LogP contribution in [0, 0.1) is 5.92 Å². The predicted octanol–water partition coefficient (Wildman–Crippen LogP) is 1.96. The van der Waals surface area contributed by atoms with Crippen molar-refractivity contribution in [1.82, 2.24) is 24.1 Å². The Bertz CT molecular complexity index is 818. The van der Waals surface area contributed by atoms with E-state index in [9.17, 15) is 8.42 Å². The number of aromatic nitrogens is 4. The molecule has 0 saturated carbocycles. The molecule has 8 heteroatoms. The summed E-state index contributed by atoms with van der Waals surface area (Å²) in [5, 5.41) is 4.38. The lowest BCUT2D eigenvalue weighted by Crippen LogP contribution is -2.39. The van der Waals surface area contributed by atoms with Crippen molar-refractivity contribution in [3.05, 3.63) is 30.5 Å². The van der Waals surface area contributed by atoms with E-state index in [0.29, 0.717) is 13.1 Å². The largest absolute Gasteiger partial charge is 0.272 e. The summed E-state index contributed by atoms with van der Waals surface area (Å²) in [5.41, 5.74) is 2.73. The van der Waals surface area contributed by atoms with Crippen molar-refractivity contribution in [2.24, 2.45) is 5.92 Å². The zero-order chi connectivity index (χ0) is 17.9. The minimum Gasteiger partial charge on any atom is -0.272 e. The summed E-state index contributed by atoms with van der Waals surface area (Å²) in [5.74, 6) is 0.268. The zero-order valence-electron chi connectivity index (χ0n) is 14.8. The first-order valence-electron chi connectivity index (χ1n) is 8.75. The van der Waals surface area contributed by atoms with Gasteiger partial charge in [0.15, 0.2) is 0 Å². The average molecular weight is 363 g/mol. The maximum absolute atomic E-state index is 11.8. The van der Waals surface area contributed by atoms with E-state index in [1.165, 1.54) is 6.26 Å². The molecule has 2 aromatic heterocycles. The van der Waals surface area contributed by atoms with Crippen LogP contribution >= 0.6 is 0 Å². The molecular formula is C17H25N5O2S. The lowest BCUT2D eigenvalue weighted by molar-refractivity contribution is 0.265. The second kappa shape index (κ2) is 7.61. The Balaban J connectivity index is 1.79. The van der Waals surface area contributed by atoms with Gasteiger partial charge >= 0.3 is 0 Å². The lowest BCUT2D eigenvalue weighted by Gasteiger charge is -2.30. The molecule has 0 spiro atoms. The molecule has 0 radical (unpaired) electrons. The number of aryl methyl sites for hydroxylation is 1. The molecule has 0 bridgehead atoms. The fraction of sp³-hybridized carbons (Fsp3) is 0.588. The van der Waals surface area contributed by atoms with E-state index < -0.39 is 10.0 Å². The van der Waals surface area contributed by atoms with Crippen molar-refractivity contribution in [1.29, 1.82) is 0 Å². The monoisotopic (exact) mass is 363 g/mol. The molecule has 136 valence electrons. The topological polar surface area (TPSA) is 81.0 Å². The summed E-state index contributed by atoms with van der Waals surface area (Å²) in [6.07, 6.45) is 12.2. The van der Waals surface area contributed by atoms with Crippen LogP contribution in [-0.4, -0.2) is 51.8 Å². The summed E-state index contributed by atoms with van der Waals surface area (Å²) in [6.45, 7) is 4.17. The van der Waals surface area contributed by atoms with E-state index in [1.54, 1.807) is 16.7 Å². The normalized spacial score (nSPS) is 19.2. The van der Waals surface area contributed by atoms with Crippen LogP contribution in [0.5, 0.6) is 0 Å². The SMILES string of the molecule is CCCn1cc(-c2nccnc2C[C@@H]2CCCN(S(C)(=O)=O)C2)cn1. The van der Waals surface area contributed by atoms with E-state index in [0.717, 1.165) is 49.2 Å². The van der Waals surface area contributed by atoms with Gasteiger partial charge in [-0.2, -0.15) is 5.10 Å². The highest BCUT2D eigenvalue weighted by atomic mass is 32.2. The van der Waals surface area contributed by atoms with Gasteiger partial charge < -0.3 is 0 Å². The molecular weight excluding hydrogens is 338 g/mol. The number of hydrogen-bond acceptors (Lipinski definition) is 5. The third-order valence-electron chi connectivity index (χ3n) is 4.57. The second-order valence-electron chi connectivity index (χ2n) is 6.68. The smallest absolute Gasteiger partial charge is 0.211 e. The summed E-state index contributed by atoms with van der Waals surface area (Å²) in [6, 6.07) is 0. The molecule has 3 rings (SSSR count). The number of piperidine rings is 1. The highest BCUT2D eigenvalue weighted by Crippen LogP contribution is 2.26. The summed E-state index contributed by atoms with van der Waals surface area (Å²) < 4.78 is 27.1. The van der Waals surface area contributed by atoms with Crippen molar-refractivity contribution >= 4 is 10.0 Å². The van der Waals surface area contributed by atoms with Gasteiger partial charge in [0.05, 0.1) is 23.8 Å². The van der Waals surface area contributed by atoms with E-state index in [1.807, 2.05) is 17.1 Å². The fourth-order valence-corrected chi connectivity index (χ4v) is 4.31. The van der Waals surface area contributed by atoms with Crippen LogP contribution in [0.15, 0.2) is 24.8 Å². The summed E-state index contributed by atoms with van der Waals surface area (Å²) in [4.78, 5) is 9.03. The number of rotatable bonds is 6. The average Bonchev–Trinajstić information content (AvgIpc) is 3.04. The van der Waals surface area contributed by atoms with Crippen LogP contribution < -0.4 is 0 Å². The molecule has 7 nitrogen and oxygen atoms in total. The molecule has 3 heterocycles. The second-order valence-corrected chi connectivity index (χ2v) is 8.66. The Morgan fingerprint density at radius 3 is 2.84 bits per heavy atom. The molecule has 1 aliphatic rings. The third-order valence-corrected chi connectivity index (χ3v) is 5.84. The van der Waals surface area contributed by atoms with Gasteiger partial charge in [0, 0.05) is 43.8 Å². The van der Waals surface area contributed by atoms with Crippen molar-refractivity contribution in [2.75, 3.05) is 19.3 Å². The predicted molar refractivity (Wildman–Crippen MR) is 96.4 cm³/mol. The Labute approximate surface area is 149 Å². The van der Waals surface area contributed by atoms with Gasteiger partial charge in [-0.15, -0.1) is 0 Å². The molecule has 1 saturated heterocycles. The van der Waals surface area contributed by atoms with Crippen LogP contribution in [0.25, 0.3) is 11.3 Å². The molecule has 1 aliphatic heterocycles. The standard InChI is InChI=1S/C17H25N5O2S/c1-3-8-21-13-15(11-20-21)17-16(18-6-7-19-17)10-14-5-4-9-22(12-14)25(2,23)24/h6-7,11,13-14H,3-5,8-10,12H2,1-2H3/t14-/m0/s1. The molecule has 0 amide bonds. The highest BCUT2D eigenvalue weighted by Gasteiger charge is 2.27. The Morgan fingerprint density at radius 1 is 1.28 bits per heavy atom. The molecule has 1 atom stereocenters. The van der Waals surface area contributed by atoms with Crippen LogP contribution in [-0.2, 0) is 23.0 Å². The van der Waals surface area contributed by atoms with Gasteiger partial charge in [0.1, 0.15) is 0 Å². The quantitative estimate of drug-likeness (QED) is 0.784. The van der Waals surface area contributed by atoms with Gasteiger partial charge in [-0.05, 0) is 31.6 Å². The first-order chi connectivity index (χ1) is 12.0. The van der Waals surface area contributed by atoms with Gasteiger partial charge in [-0.3, -0.25) is 14.6 Å². The van der Waals surface area contributed by atoms with E-state index in [-0.39, 0.29) is 5.92 Å². The van der Waals surface area contributed by atoms with Crippen molar-refractivity contribution in [2.45, 2.75) is 39.2 Å². The summed E-state index contributed by atoms with van der Waals surface area (Å²) >= 11 is 0. The first kappa shape index (κ1) is 18.0. The lowest BCUT2D eigenvalue weighted by atomic mass is 9.93. The number of sulfonamides is 1. The molecule has 0 aromatic carbocycles. The van der Waals surface area contributed by atoms with Crippen LogP contribution in [0.4, 0.5) is 0 Å². The van der Waals surface area contributed by atoms with Gasteiger partial charge in [0.25, 0.3) is 0 Å². The Morgan fingerprint density at radius 2 is 2.08 bits per heavy atom. The van der Waals surface area contributed by atoms with E-state index >= 15 is 0 Å². The summed E-state index contributed by atoms with van der Waals surface area (Å²) in [7, 11) is -3.13. The number of hydrogen-bond donors (Lipinski definition) is 0. The van der Waals surface area contributed by atoms with Crippen molar-refractivity contribution < 1.29 is 8.42 Å². The van der Waals surface area contributed by atoms with E-state index in [4.69, 9.17) is 0 Å².